The van der Waals surface area contributed by atoms with Crippen LogP contribution in [0.5, 0.6) is 0 Å². The third-order valence-electron chi connectivity index (χ3n) is 3.81. The van der Waals surface area contributed by atoms with Crippen molar-refractivity contribution in [1.29, 1.82) is 0 Å². The first kappa shape index (κ1) is 18.8. The highest BCUT2D eigenvalue weighted by Gasteiger charge is 2.26. The van der Waals surface area contributed by atoms with Crippen molar-refractivity contribution in [2.75, 3.05) is 0 Å². The van der Waals surface area contributed by atoms with Crippen LogP contribution in [0.4, 0.5) is 0 Å². The molecular weight excluding hydrogens is 421 g/mol. The predicted molar refractivity (Wildman–Crippen MR) is 106 cm³/mol. The van der Waals surface area contributed by atoms with Gasteiger partial charge in [-0.15, -0.1) is 0 Å². The summed E-state index contributed by atoms with van der Waals surface area (Å²) in [5, 5.41) is 1.30. The first-order valence-corrected chi connectivity index (χ1v) is 9.22. The van der Waals surface area contributed by atoms with Crippen molar-refractivity contribution in [2.24, 2.45) is 0 Å². The quantitative estimate of drug-likeness (QED) is 0.324. The molecule has 25 heavy (non-hydrogen) atoms. The largest absolute Gasteiger partial charge is 0.225 e. The minimum atomic E-state index is -0.272. The maximum Gasteiger partial charge on any atom is 0.225 e. The Labute approximate surface area is 170 Å². The lowest BCUT2D eigenvalue weighted by molar-refractivity contribution is 0.793. The molecule has 2 aromatic carbocycles. The Hall–Kier alpha value is -1.03. The summed E-state index contributed by atoms with van der Waals surface area (Å²) < 4.78 is 0. The van der Waals surface area contributed by atoms with Gasteiger partial charge in [-0.2, -0.15) is 0 Å². The molecule has 0 aliphatic rings. The normalized spacial score (nSPS) is 12.2. The van der Waals surface area contributed by atoms with Crippen molar-refractivity contribution in [3.05, 3.63) is 90.9 Å². The minimum absolute atomic E-state index is 0.00518. The Morgan fingerprint density at radius 3 is 2.04 bits per heavy atom. The van der Waals surface area contributed by atoms with Crippen LogP contribution in [0.3, 0.4) is 0 Å². The predicted octanol–water partition coefficient (Wildman–Crippen LogP) is 7.12. The Balaban J connectivity index is 2.18. The van der Waals surface area contributed by atoms with E-state index in [1.165, 1.54) is 0 Å². The monoisotopic (exact) mass is 430 g/mol. The Kier molecular flexibility index (Phi) is 6.08. The lowest BCUT2D eigenvalue weighted by Crippen LogP contribution is -2.09. The molecule has 0 aliphatic carbocycles. The summed E-state index contributed by atoms with van der Waals surface area (Å²) in [4.78, 5) is 8.07. The van der Waals surface area contributed by atoms with Gasteiger partial charge in [-0.1, -0.05) is 88.9 Å². The van der Waals surface area contributed by atoms with Gasteiger partial charge >= 0.3 is 0 Å². The fourth-order valence-electron chi connectivity index (χ4n) is 2.69. The Bertz CT molecular complexity index is 876. The summed E-state index contributed by atoms with van der Waals surface area (Å²) in [6.07, 6.45) is 0.603. The standard InChI is InChI=1S/C18H11Cl5N2/c19-13-8-4-7-11(15(13)20)12(9-10-5-2-1-3-6-10)14-16(21)24-18(23)25-17(14)22/h1-8,12H,9H2. The van der Waals surface area contributed by atoms with Gasteiger partial charge in [-0.05, 0) is 35.2 Å². The second kappa shape index (κ2) is 8.11. The van der Waals surface area contributed by atoms with E-state index in [0.29, 0.717) is 22.0 Å². The van der Waals surface area contributed by atoms with Crippen LogP contribution in [-0.4, -0.2) is 9.97 Å². The molecule has 1 atom stereocenters. The van der Waals surface area contributed by atoms with Gasteiger partial charge in [0.05, 0.1) is 10.0 Å². The minimum Gasteiger partial charge on any atom is -0.206 e. The van der Waals surface area contributed by atoms with Gasteiger partial charge in [0.25, 0.3) is 0 Å². The van der Waals surface area contributed by atoms with Gasteiger partial charge in [0.15, 0.2) is 0 Å². The topological polar surface area (TPSA) is 25.8 Å². The third-order valence-corrected chi connectivity index (χ3v) is 5.39. The number of rotatable bonds is 4. The molecule has 128 valence electrons. The van der Waals surface area contributed by atoms with Crippen LogP contribution in [0, 0.1) is 0 Å². The number of aromatic nitrogens is 2. The summed E-state index contributed by atoms with van der Waals surface area (Å²) in [5.41, 5.74) is 2.46. The molecule has 0 spiro atoms. The maximum absolute atomic E-state index is 6.46. The molecular formula is C18H11Cl5N2. The first-order chi connectivity index (χ1) is 12.0. The van der Waals surface area contributed by atoms with E-state index >= 15 is 0 Å². The van der Waals surface area contributed by atoms with Crippen molar-refractivity contribution in [3.8, 4) is 0 Å². The van der Waals surface area contributed by atoms with Crippen LogP contribution < -0.4 is 0 Å². The van der Waals surface area contributed by atoms with Gasteiger partial charge in [-0.25, -0.2) is 9.97 Å². The lowest BCUT2D eigenvalue weighted by atomic mass is 9.87. The first-order valence-electron chi connectivity index (χ1n) is 7.33. The van der Waals surface area contributed by atoms with Crippen molar-refractivity contribution < 1.29 is 0 Å². The van der Waals surface area contributed by atoms with Crippen LogP contribution in [-0.2, 0) is 6.42 Å². The van der Waals surface area contributed by atoms with Crippen LogP contribution >= 0.6 is 58.0 Å². The Morgan fingerprint density at radius 1 is 0.760 bits per heavy atom. The van der Waals surface area contributed by atoms with E-state index in [4.69, 9.17) is 58.0 Å². The number of nitrogens with zero attached hydrogens (tertiary/aromatic N) is 2. The fourth-order valence-corrected chi connectivity index (χ4v) is 4.03. The van der Waals surface area contributed by atoms with Crippen LogP contribution in [0.15, 0.2) is 48.5 Å². The summed E-state index contributed by atoms with van der Waals surface area (Å²) in [5.74, 6) is -0.272. The van der Waals surface area contributed by atoms with E-state index in [-0.39, 0.29) is 21.5 Å². The number of halogens is 5. The second-order valence-electron chi connectivity index (χ2n) is 5.37. The van der Waals surface area contributed by atoms with Crippen LogP contribution in [0.25, 0.3) is 0 Å². The van der Waals surface area contributed by atoms with Crippen LogP contribution in [0.2, 0.25) is 25.6 Å². The van der Waals surface area contributed by atoms with E-state index in [9.17, 15) is 0 Å². The van der Waals surface area contributed by atoms with Gasteiger partial charge < -0.3 is 0 Å². The summed E-state index contributed by atoms with van der Waals surface area (Å²) in [7, 11) is 0. The van der Waals surface area contributed by atoms with Crippen molar-refractivity contribution >= 4 is 58.0 Å². The second-order valence-corrected chi connectivity index (χ2v) is 7.21. The average molecular weight is 433 g/mol. The van der Waals surface area contributed by atoms with Crippen molar-refractivity contribution in [1.82, 2.24) is 9.97 Å². The molecule has 0 saturated heterocycles. The molecule has 2 nitrogen and oxygen atoms in total. The molecule has 0 bridgehead atoms. The van der Waals surface area contributed by atoms with Crippen molar-refractivity contribution in [2.45, 2.75) is 12.3 Å². The van der Waals surface area contributed by atoms with E-state index in [0.717, 1.165) is 11.1 Å². The Morgan fingerprint density at radius 2 is 1.40 bits per heavy atom. The molecule has 0 fully saturated rings. The molecule has 7 heteroatoms. The molecule has 0 saturated carbocycles. The van der Waals surface area contributed by atoms with Gasteiger partial charge in [0, 0.05) is 11.5 Å². The van der Waals surface area contributed by atoms with E-state index in [1.807, 2.05) is 42.5 Å². The smallest absolute Gasteiger partial charge is 0.206 e. The van der Waals surface area contributed by atoms with Crippen LogP contribution in [0.1, 0.15) is 22.6 Å². The highest BCUT2D eigenvalue weighted by molar-refractivity contribution is 6.42. The molecule has 0 aliphatic heterocycles. The fraction of sp³-hybridized carbons (Fsp3) is 0.111. The molecule has 0 radical (unpaired) electrons. The number of benzene rings is 2. The molecule has 3 rings (SSSR count). The highest BCUT2D eigenvalue weighted by Crippen LogP contribution is 2.41. The summed E-state index contributed by atoms with van der Waals surface area (Å²) in [6.45, 7) is 0. The molecule has 1 unspecified atom stereocenters. The molecule has 3 aromatic rings. The van der Waals surface area contributed by atoms with Gasteiger partial charge in [-0.3, -0.25) is 0 Å². The molecule has 0 N–H and O–H groups in total. The number of hydrogen-bond acceptors (Lipinski definition) is 2. The lowest BCUT2D eigenvalue weighted by Gasteiger charge is -2.21. The zero-order valence-corrected chi connectivity index (χ0v) is 16.5. The highest BCUT2D eigenvalue weighted by atomic mass is 35.5. The SMILES string of the molecule is Clc1nc(Cl)c(C(Cc2ccccc2)c2cccc(Cl)c2Cl)c(Cl)n1. The third kappa shape index (κ3) is 4.21. The molecule has 1 aromatic heterocycles. The van der Waals surface area contributed by atoms with Gasteiger partial charge in [0.1, 0.15) is 10.3 Å². The maximum atomic E-state index is 6.46. The van der Waals surface area contributed by atoms with Crippen molar-refractivity contribution in [3.63, 3.8) is 0 Å². The summed E-state index contributed by atoms with van der Waals surface area (Å²) >= 11 is 31.2. The van der Waals surface area contributed by atoms with E-state index in [1.54, 1.807) is 6.07 Å². The zero-order chi connectivity index (χ0) is 18.0. The molecule has 1 heterocycles. The zero-order valence-electron chi connectivity index (χ0n) is 12.7. The average Bonchev–Trinajstić information content (AvgIpc) is 2.57. The van der Waals surface area contributed by atoms with Gasteiger partial charge in [0.2, 0.25) is 5.28 Å². The summed E-state index contributed by atoms with van der Waals surface area (Å²) in [6, 6.07) is 15.4. The number of hydrogen-bond donors (Lipinski definition) is 0. The van der Waals surface area contributed by atoms with E-state index < -0.39 is 0 Å². The molecule has 0 amide bonds. The van der Waals surface area contributed by atoms with E-state index in [2.05, 4.69) is 9.97 Å².